The zero-order valence-corrected chi connectivity index (χ0v) is 21.7. The summed E-state index contributed by atoms with van der Waals surface area (Å²) in [6, 6.07) is 14.2. The lowest BCUT2D eigenvalue weighted by molar-refractivity contribution is 0.215. The number of aromatic nitrogens is 3. The first kappa shape index (κ1) is 25.6. The number of aryl methyl sites for hydroxylation is 1. The zero-order valence-electron chi connectivity index (χ0n) is 20.7. The Labute approximate surface area is 211 Å². The van der Waals surface area contributed by atoms with E-state index in [9.17, 15) is 14.3 Å². The molecular weight excluding hydrogens is 477 g/mol. The van der Waals surface area contributed by atoms with Crippen molar-refractivity contribution in [3.63, 3.8) is 0 Å². The molecule has 2 heterocycles. The van der Waals surface area contributed by atoms with Crippen LogP contribution in [0.4, 0.5) is 4.39 Å². The van der Waals surface area contributed by atoms with Gasteiger partial charge >= 0.3 is 0 Å². The Morgan fingerprint density at radius 1 is 1.11 bits per heavy atom. The first-order chi connectivity index (χ1) is 17.3. The Morgan fingerprint density at radius 3 is 2.47 bits per heavy atom. The Morgan fingerprint density at radius 2 is 1.83 bits per heavy atom. The molecule has 0 saturated carbocycles. The number of hydrogen-bond donors (Lipinski definition) is 1. The molecule has 187 valence electrons. The van der Waals surface area contributed by atoms with Gasteiger partial charge in [0.1, 0.15) is 17.7 Å². The van der Waals surface area contributed by atoms with Crippen molar-refractivity contribution in [3.8, 4) is 11.4 Å². The van der Waals surface area contributed by atoms with E-state index in [4.69, 9.17) is 9.16 Å². The van der Waals surface area contributed by atoms with Crippen LogP contribution in [0.2, 0.25) is 13.1 Å². The molecule has 7 nitrogen and oxygen atoms in total. The van der Waals surface area contributed by atoms with E-state index < -0.39 is 21.2 Å². The minimum absolute atomic E-state index is 0.219. The standard InChI is InChI=1S/C27H29FN3O4Si/c1-18-15-30(17-29-18)23-12-9-20(14-25(23)34-2)26(32)22-6-5-13-31(27(22)33)24(16-35-36(3)4)19-7-10-21(28)11-8-19/h5-15,17,24,26,32H,16H2,1-4H3. The molecule has 0 saturated heterocycles. The quantitative estimate of drug-likeness (QED) is 0.340. The van der Waals surface area contributed by atoms with Crippen LogP contribution in [0.5, 0.6) is 5.75 Å². The molecule has 2 aromatic carbocycles. The lowest BCUT2D eigenvalue weighted by Crippen LogP contribution is -2.32. The molecule has 0 fully saturated rings. The number of pyridine rings is 1. The highest BCUT2D eigenvalue weighted by atomic mass is 28.3. The van der Waals surface area contributed by atoms with Crippen molar-refractivity contribution in [2.24, 2.45) is 0 Å². The second kappa shape index (κ2) is 11.0. The maximum Gasteiger partial charge on any atom is 0.257 e. The summed E-state index contributed by atoms with van der Waals surface area (Å²) in [5.74, 6) is 0.187. The van der Waals surface area contributed by atoms with Gasteiger partial charge in [0.15, 0.2) is 0 Å². The largest absolute Gasteiger partial charge is 0.495 e. The second-order valence-electron chi connectivity index (χ2n) is 8.72. The Balaban J connectivity index is 1.71. The van der Waals surface area contributed by atoms with E-state index in [1.165, 1.54) is 16.7 Å². The van der Waals surface area contributed by atoms with Crippen LogP contribution in [0, 0.1) is 12.7 Å². The molecule has 2 unspecified atom stereocenters. The highest BCUT2D eigenvalue weighted by Crippen LogP contribution is 2.29. The van der Waals surface area contributed by atoms with Crippen LogP contribution in [-0.4, -0.2) is 42.0 Å². The highest BCUT2D eigenvalue weighted by Gasteiger charge is 2.22. The molecule has 36 heavy (non-hydrogen) atoms. The van der Waals surface area contributed by atoms with E-state index in [0.717, 1.165) is 16.9 Å². The Kier molecular flexibility index (Phi) is 7.83. The van der Waals surface area contributed by atoms with E-state index >= 15 is 0 Å². The topological polar surface area (TPSA) is 78.5 Å². The van der Waals surface area contributed by atoms with Crippen molar-refractivity contribution in [1.82, 2.24) is 14.1 Å². The highest BCUT2D eigenvalue weighted by molar-refractivity contribution is 6.48. The smallest absolute Gasteiger partial charge is 0.257 e. The van der Waals surface area contributed by atoms with Crippen molar-refractivity contribution in [1.29, 1.82) is 0 Å². The fourth-order valence-electron chi connectivity index (χ4n) is 4.06. The molecule has 1 radical (unpaired) electrons. The molecular formula is C27H29FN3O4Si. The summed E-state index contributed by atoms with van der Waals surface area (Å²) in [5.41, 5.74) is 2.77. The lowest BCUT2D eigenvalue weighted by atomic mass is 10.0. The molecule has 0 spiro atoms. The maximum absolute atomic E-state index is 13.6. The van der Waals surface area contributed by atoms with Crippen molar-refractivity contribution in [2.75, 3.05) is 13.7 Å². The van der Waals surface area contributed by atoms with Crippen LogP contribution in [0.1, 0.15) is 34.5 Å². The van der Waals surface area contributed by atoms with Gasteiger partial charge in [-0.1, -0.05) is 18.2 Å². The summed E-state index contributed by atoms with van der Waals surface area (Å²) >= 11 is 0. The summed E-state index contributed by atoms with van der Waals surface area (Å²) in [6.45, 7) is 6.18. The third-order valence-corrected chi connectivity index (χ3v) is 6.67. The summed E-state index contributed by atoms with van der Waals surface area (Å²) in [6.07, 6.45) is 4.05. The average molecular weight is 507 g/mol. The summed E-state index contributed by atoms with van der Waals surface area (Å²) in [5, 5.41) is 11.2. The van der Waals surface area contributed by atoms with Crippen molar-refractivity contribution < 1.29 is 18.7 Å². The molecule has 4 rings (SSSR count). The molecule has 9 heteroatoms. The number of rotatable bonds is 9. The van der Waals surface area contributed by atoms with Crippen LogP contribution in [-0.2, 0) is 4.43 Å². The predicted octanol–water partition coefficient (Wildman–Crippen LogP) is 4.43. The van der Waals surface area contributed by atoms with Gasteiger partial charge in [0.05, 0.1) is 43.0 Å². The molecule has 2 atom stereocenters. The molecule has 0 bridgehead atoms. The van der Waals surface area contributed by atoms with Crippen LogP contribution in [0.3, 0.4) is 0 Å². The number of methoxy groups -OCH3 is 1. The molecule has 2 aromatic heterocycles. The first-order valence-corrected chi connectivity index (χ1v) is 14.0. The Bertz CT molecular complexity index is 1380. The van der Waals surface area contributed by atoms with E-state index in [-0.39, 0.29) is 23.5 Å². The monoisotopic (exact) mass is 506 g/mol. The van der Waals surface area contributed by atoms with E-state index in [1.807, 2.05) is 36.8 Å². The van der Waals surface area contributed by atoms with Gasteiger partial charge in [-0.15, -0.1) is 0 Å². The van der Waals surface area contributed by atoms with E-state index in [2.05, 4.69) is 4.98 Å². The fraction of sp³-hybridized carbons (Fsp3) is 0.259. The van der Waals surface area contributed by atoms with Crippen LogP contribution >= 0.6 is 0 Å². The van der Waals surface area contributed by atoms with Gasteiger partial charge in [0.25, 0.3) is 5.56 Å². The second-order valence-corrected chi connectivity index (χ2v) is 10.8. The summed E-state index contributed by atoms with van der Waals surface area (Å²) in [4.78, 5) is 17.8. The predicted molar refractivity (Wildman–Crippen MR) is 138 cm³/mol. The number of nitrogens with zero attached hydrogens (tertiary/aromatic N) is 3. The molecule has 0 amide bonds. The number of hydrogen-bond acceptors (Lipinski definition) is 5. The fourth-order valence-corrected chi connectivity index (χ4v) is 4.55. The molecule has 0 aliphatic heterocycles. The summed E-state index contributed by atoms with van der Waals surface area (Å²) < 4.78 is 28.4. The number of aliphatic hydroxyl groups excluding tert-OH is 1. The van der Waals surface area contributed by atoms with Gasteiger partial charge in [-0.2, -0.15) is 0 Å². The number of imidazole rings is 1. The van der Waals surface area contributed by atoms with Gasteiger partial charge in [-0.25, -0.2) is 9.37 Å². The molecule has 0 aliphatic carbocycles. The van der Waals surface area contributed by atoms with E-state index in [1.54, 1.807) is 56.0 Å². The maximum atomic E-state index is 13.6. The van der Waals surface area contributed by atoms with Gasteiger partial charge in [-0.05, 0) is 67.5 Å². The van der Waals surface area contributed by atoms with Crippen molar-refractivity contribution in [3.05, 3.63) is 112 Å². The minimum atomic E-state index is -1.18. The lowest BCUT2D eigenvalue weighted by Gasteiger charge is -2.23. The van der Waals surface area contributed by atoms with Gasteiger partial charge in [-0.3, -0.25) is 4.79 Å². The van der Waals surface area contributed by atoms with Gasteiger partial charge in [0.2, 0.25) is 9.04 Å². The van der Waals surface area contributed by atoms with Gasteiger partial charge in [0, 0.05) is 12.4 Å². The first-order valence-electron chi connectivity index (χ1n) is 11.5. The van der Waals surface area contributed by atoms with Crippen LogP contribution in [0.15, 0.2) is 78.1 Å². The molecule has 0 aliphatic rings. The Hall–Kier alpha value is -3.53. The normalized spacial score (nSPS) is 13.1. The number of halogens is 1. The third-order valence-electron chi connectivity index (χ3n) is 5.93. The van der Waals surface area contributed by atoms with Gasteiger partial charge < -0.3 is 23.4 Å². The number of ether oxygens (including phenoxy) is 1. The van der Waals surface area contributed by atoms with Crippen molar-refractivity contribution >= 4 is 9.04 Å². The minimum Gasteiger partial charge on any atom is -0.495 e. The third kappa shape index (κ3) is 5.48. The SMILES string of the molecule is COc1cc(C(O)c2cccn(C(CO[Si](C)C)c3ccc(F)cc3)c2=O)ccc1-n1cnc(C)c1. The zero-order chi connectivity index (χ0) is 25.8. The molecule has 4 aromatic rings. The summed E-state index contributed by atoms with van der Waals surface area (Å²) in [7, 11) is 0.529. The number of aliphatic hydroxyl groups is 1. The van der Waals surface area contributed by atoms with E-state index in [0.29, 0.717) is 11.3 Å². The van der Waals surface area contributed by atoms with Crippen LogP contribution < -0.4 is 10.3 Å². The number of benzene rings is 2. The van der Waals surface area contributed by atoms with Crippen molar-refractivity contribution in [2.45, 2.75) is 32.2 Å². The molecule has 1 N–H and O–H groups in total. The average Bonchev–Trinajstić information content (AvgIpc) is 3.31. The van der Waals surface area contributed by atoms with Crippen LogP contribution in [0.25, 0.3) is 5.69 Å².